The number of hydrogen-bond acceptors (Lipinski definition) is 4. The Balaban J connectivity index is 2.28. The van der Waals surface area contributed by atoms with Gasteiger partial charge in [-0.05, 0) is 57.8 Å². The SMILES string of the molecule is CCN(CCN(C)C)c1ccc(NC(=O)c2ccccc2C)cc1C(=O)O. The van der Waals surface area contributed by atoms with Crippen LogP contribution in [0.15, 0.2) is 42.5 Å². The van der Waals surface area contributed by atoms with E-state index >= 15 is 0 Å². The first kappa shape index (κ1) is 20.5. The van der Waals surface area contributed by atoms with Gasteiger partial charge in [0.25, 0.3) is 5.91 Å². The molecular formula is C21H27N3O3. The van der Waals surface area contributed by atoms with Crippen LogP contribution in [0, 0.1) is 6.92 Å². The number of carboxylic acids is 1. The number of aryl methyl sites for hydroxylation is 1. The van der Waals surface area contributed by atoms with E-state index in [1.165, 1.54) is 6.07 Å². The molecule has 0 unspecified atom stereocenters. The molecule has 2 aromatic carbocycles. The molecule has 0 aliphatic rings. The molecule has 1 amide bonds. The number of carbonyl (C=O) groups excluding carboxylic acids is 1. The summed E-state index contributed by atoms with van der Waals surface area (Å²) >= 11 is 0. The lowest BCUT2D eigenvalue weighted by molar-refractivity contribution is 0.0697. The summed E-state index contributed by atoms with van der Waals surface area (Å²) in [5.41, 5.74) is 2.73. The quantitative estimate of drug-likeness (QED) is 0.747. The van der Waals surface area contributed by atoms with E-state index in [1.807, 2.05) is 45.0 Å². The first-order valence-corrected chi connectivity index (χ1v) is 8.97. The van der Waals surface area contributed by atoms with Crippen molar-refractivity contribution in [2.75, 3.05) is 43.9 Å². The summed E-state index contributed by atoms with van der Waals surface area (Å²) in [6.45, 7) is 6.10. The van der Waals surface area contributed by atoms with Crippen LogP contribution in [0.4, 0.5) is 11.4 Å². The van der Waals surface area contributed by atoms with Gasteiger partial charge in [-0.25, -0.2) is 4.79 Å². The lowest BCUT2D eigenvalue weighted by Crippen LogP contribution is -2.32. The second kappa shape index (κ2) is 9.19. The van der Waals surface area contributed by atoms with Crippen LogP contribution in [0.2, 0.25) is 0 Å². The average Bonchev–Trinajstić information content (AvgIpc) is 2.63. The average molecular weight is 369 g/mol. The second-order valence-corrected chi connectivity index (χ2v) is 6.69. The molecule has 0 heterocycles. The van der Waals surface area contributed by atoms with Gasteiger partial charge in [-0.2, -0.15) is 0 Å². The first-order chi connectivity index (χ1) is 12.8. The van der Waals surface area contributed by atoms with E-state index in [0.29, 0.717) is 23.5 Å². The van der Waals surface area contributed by atoms with E-state index < -0.39 is 5.97 Å². The van der Waals surface area contributed by atoms with Crippen LogP contribution in [0.25, 0.3) is 0 Å². The number of rotatable bonds is 8. The molecule has 0 radical (unpaired) electrons. The van der Waals surface area contributed by atoms with Crippen LogP contribution in [-0.4, -0.2) is 55.6 Å². The smallest absolute Gasteiger partial charge is 0.337 e. The number of carbonyl (C=O) groups is 2. The Bertz CT molecular complexity index is 818. The topological polar surface area (TPSA) is 72.9 Å². The van der Waals surface area contributed by atoms with E-state index in [4.69, 9.17) is 0 Å². The molecule has 6 heteroatoms. The third-order valence-electron chi connectivity index (χ3n) is 4.41. The minimum absolute atomic E-state index is 0.179. The number of anilines is 2. The summed E-state index contributed by atoms with van der Waals surface area (Å²) in [7, 11) is 3.96. The number of aromatic carboxylic acids is 1. The van der Waals surface area contributed by atoms with Crippen molar-refractivity contribution in [3.8, 4) is 0 Å². The molecule has 2 N–H and O–H groups in total. The fourth-order valence-corrected chi connectivity index (χ4v) is 2.86. The van der Waals surface area contributed by atoms with Gasteiger partial charge in [0.2, 0.25) is 0 Å². The first-order valence-electron chi connectivity index (χ1n) is 8.97. The van der Waals surface area contributed by atoms with Gasteiger partial charge in [-0.1, -0.05) is 18.2 Å². The molecule has 27 heavy (non-hydrogen) atoms. The van der Waals surface area contributed by atoms with Crippen LogP contribution in [0.5, 0.6) is 0 Å². The van der Waals surface area contributed by atoms with E-state index in [1.54, 1.807) is 24.3 Å². The number of amides is 1. The van der Waals surface area contributed by atoms with Crippen molar-refractivity contribution in [2.24, 2.45) is 0 Å². The Kier molecular flexibility index (Phi) is 6.96. The molecular weight excluding hydrogens is 342 g/mol. The fraction of sp³-hybridized carbons (Fsp3) is 0.333. The standard InChI is InChI=1S/C21H27N3O3/c1-5-24(13-12-23(3)4)19-11-10-16(14-18(19)21(26)27)22-20(25)17-9-7-6-8-15(17)2/h6-11,14H,5,12-13H2,1-4H3,(H,22,25)(H,26,27). The highest BCUT2D eigenvalue weighted by Gasteiger charge is 2.17. The Hall–Kier alpha value is -2.86. The maximum absolute atomic E-state index is 12.5. The molecule has 0 fully saturated rings. The normalized spacial score (nSPS) is 10.7. The molecule has 6 nitrogen and oxygen atoms in total. The van der Waals surface area contributed by atoms with Gasteiger partial charge in [0.15, 0.2) is 0 Å². The van der Waals surface area contributed by atoms with Crippen molar-refractivity contribution in [2.45, 2.75) is 13.8 Å². The molecule has 0 aliphatic carbocycles. The minimum Gasteiger partial charge on any atom is -0.478 e. The van der Waals surface area contributed by atoms with Crippen molar-refractivity contribution in [1.29, 1.82) is 0 Å². The third-order valence-corrected chi connectivity index (χ3v) is 4.41. The van der Waals surface area contributed by atoms with Gasteiger partial charge < -0.3 is 20.2 Å². The van der Waals surface area contributed by atoms with E-state index in [9.17, 15) is 14.7 Å². The van der Waals surface area contributed by atoms with Crippen LogP contribution in [0.1, 0.15) is 33.2 Å². The number of likely N-dealkylation sites (N-methyl/N-ethyl adjacent to an activating group) is 2. The zero-order chi connectivity index (χ0) is 20.0. The van der Waals surface area contributed by atoms with Gasteiger partial charge in [-0.15, -0.1) is 0 Å². The maximum Gasteiger partial charge on any atom is 0.337 e. The predicted molar refractivity (Wildman–Crippen MR) is 109 cm³/mol. The molecule has 0 aromatic heterocycles. The van der Waals surface area contributed by atoms with E-state index in [2.05, 4.69) is 10.2 Å². The Labute approximate surface area is 160 Å². The zero-order valence-electron chi connectivity index (χ0n) is 16.3. The number of nitrogens with zero attached hydrogens (tertiary/aromatic N) is 2. The lowest BCUT2D eigenvalue weighted by Gasteiger charge is -2.26. The predicted octanol–water partition coefficient (Wildman–Crippen LogP) is 3.33. The maximum atomic E-state index is 12.5. The van der Waals surface area contributed by atoms with Crippen LogP contribution in [0.3, 0.4) is 0 Å². The Morgan fingerprint density at radius 2 is 1.74 bits per heavy atom. The van der Waals surface area contributed by atoms with Crippen molar-refractivity contribution >= 4 is 23.3 Å². The summed E-state index contributed by atoms with van der Waals surface area (Å²) in [4.78, 5) is 28.4. The highest BCUT2D eigenvalue weighted by atomic mass is 16.4. The molecule has 0 aliphatic heterocycles. The van der Waals surface area contributed by atoms with E-state index in [0.717, 1.165) is 18.7 Å². The summed E-state index contributed by atoms with van der Waals surface area (Å²) in [6, 6.07) is 12.3. The van der Waals surface area contributed by atoms with Crippen molar-refractivity contribution in [3.63, 3.8) is 0 Å². The van der Waals surface area contributed by atoms with Gasteiger partial charge in [0, 0.05) is 30.9 Å². The molecule has 144 valence electrons. The summed E-state index contributed by atoms with van der Waals surface area (Å²) in [5, 5.41) is 12.5. The third kappa shape index (κ3) is 5.31. The minimum atomic E-state index is -1.01. The number of hydrogen-bond donors (Lipinski definition) is 2. The highest BCUT2D eigenvalue weighted by molar-refractivity contribution is 6.06. The number of carboxylic acid groups (broad SMARTS) is 1. The molecule has 0 saturated carbocycles. The second-order valence-electron chi connectivity index (χ2n) is 6.69. The summed E-state index contributed by atoms with van der Waals surface area (Å²) < 4.78 is 0. The lowest BCUT2D eigenvalue weighted by atomic mass is 10.1. The summed E-state index contributed by atoms with van der Waals surface area (Å²) in [5.74, 6) is -1.27. The molecule has 2 aromatic rings. The molecule has 0 saturated heterocycles. The van der Waals surface area contributed by atoms with Gasteiger partial charge in [0.05, 0.1) is 11.3 Å². The molecule has 2 rings (SSSR count). The summed E-state index contributed by atoms with van der Waals surface area (Å²) in [6.07, 6.45) is 0. The van der Waals surface area contributed by atoms with Crippen molar-refractivity contribution in [1.82, 2.24) is 4.90 Å². The Morgan fingerprint density at radius 1 is 1.04 bits per heavy atom. The highest BCUT2D eigenvalue weighted by Crippen LogP contribution is 2.25. The molecule has 0 bridgehead atoms. The molecule has 0 spiro atoms. The fourth-order valence-electron chi connectivity index (χ4n) is 2.86. The van der Waals surface area contributed by atoms with Gasteiger partial charge >= 0.3 is 5.97 Å². The van der Waals surface area contributed by atoms with Crippen LogP contribution < -0.4 is 10.2 Å². The number of nitrogens with one attached hydrogen (secondary N) is 1. The monoisotopic (exact) mass is 369 g/mol. The Morgan fingerprint density at radius 3 is 2.33 bits per heavy atom. The van der Waals surface area contributed by atoms with Gasteiger partial charge in [-0.3, -0.25) is 4.79 Å². The van der Waals surface area contributed by atoms with Crippen molar-refractivity contribution < 1.29 is 14.7 Å². The van der Waals surface area contributed by atoms with Crippen LogP contribution in [-0.2, 0) is 0 Å². The molecule has 0 atom stereocenters. The van der Waals surface area contributed by atoms with E-state index in [-0.39, 0.29) is 11.5 Å². The largest absolute Gasteiger partial charge is 0.478 e. The van der Waals surface area contributed by atoms with Gasteiger partial charge in [0.1, 0.15) is 0 Å². The van der Waals surface area contributed by atoms with Crippen molar-refractivity contribution in [3.05, 3.63) is 59.2 Å². The van der Waals surface area contributed by atoms with Crippen LogP contribution >= 0.6 is 0 Å². The number of benzene rings is 2. The zero-order valence-corrected chi connectivity index (χ0v) is 16.3.